The summed E-state index contributed by atoms with van der Waals surface area (Å²) in [4.78, 5) is 29.0. The van der Waals surface area contributed by atoms with Gasteiger partial charge in [0.05, 0.1) is 5.92 Å². The maximum absolute atomic E-state index is 12.8. The van der Waals surface area contributed by atoms with E-state index in [9.17, 15) is 9.59 Å². The summed E-state index contributed by atoms with van der Waals surface area (Å²) >= 11 is 0. The molecule has 1 aromatic rings. The lowest BCUT2D eigenvalue weighted by molar-refractivity contribution is -0.137. The molecular formula is C21H31N3O2. The van der Waals surface area contributed by atoms with Gasteiger partial charge in [0, 0.05) is 32.6 Å². The molecule has 1 atom stereocenters. The van der Waals surface area contributed by atoms with Crippen molar-refractivity contribution < 1.29 is 9.59 Å². The molecule has 5 heteroatoms. The van der Waals surface area contributed by atoms with Gasteiger partial charge in [0.15, 0.2) is 0 Å². The van der Waals surface area contributed by atoms with Crippen LogP contribution in [-0.2, 0) is 16.1 Å². The van der Waals surface area contributed by atoms with Gasteiger partial charge in [0.2, 0.25) is 11.8 Å². The zero-order chi connectivity index (χ0) is 18.5. The molecule has 1 N–H and O–H groups in total. The number of nitrogens with zero attached hydrogens (tertiary/aromatic N) is 2. The van der Waals surface area contributed by atoms with Crippen LogP contribution >= 0.6 is 0 Å². The molecule has 0 radical (unpaired) electrons. The van der Waals surface area contributed by atoms with Crippen molar-refractivity contribution in [2.24, 2.45) is 11.8 Å². The fourth-order valence-electron chi connectivity index (χ4n) is 4.05. The van der Waals surface area contributed by atoms with E-state index in [2.05, 4.69) is 36.5 Å². The van der Waals surface area contributed by atoms with Crippen LogP contribution in [0.3, 0.4) is 0 Å². The molecule has 2 aliphatic heterocycles. The lowest BCUT2D eigenvalue weighted by Crippen LogP contribution is -2.42. The van der Waals surface area contributed by atoms with Gasteiger partial charge < -0.3 is 15.1 Å². The van der Waals surface area contributed by atoms with Crippen LogP contribution in [0.1, 0.15) is 36.8 Å². The van der Waals surface area contributed by atoms with Gasteiger partial charge in [-0.25, -0.2) is 0 Å². The molecule has 1 aromatic carbocycles. The summed E-state index contributed by atoms with van der Waals surface area (Å²) in [6.07, 6.45) is 3.72. The zero-order valence-electron chi connectivity index (χ0n) is 16.0. The average Bonchev–Trinajstić information content (AvgIpc) is 3.02. The van der Waals surface area contributed by atoms with E-state index < -0.39 is 0 Å². The first kappa shape index (κ1) is 18.9. The second kappa shape index (κ2) is 8.67. The lowest BCUT2D eigenvalue weighted by Gasteiger charge is -2.33. The molecule has 3 rings (SSSR count). The van der Waals surface area contributed by atoms with Crippen molar-refractivity contribution >= 4 is 11.8 Å². The molecular weight excluding hydrogens is 326 g/mol. The highest BCUT2D eigenvalue weighted by atomic mass is 16.2. The summed E-state index contributed by atoms with van der Waals surface area (Å²) < 4.78 is 0. The monoisotopic (exact) mass is 357 g/mol. The molecule has 2 amide bonds. The quantitative estimate of drug-likeness (QED) is 0.849. The molecule has 142 valence electrons. The first-order valence-electron chi connectivity index (χ1n) is 9.83. The highest BCUT2D eigenvalue weighted by Crippen LogP contribution is 2.26. The Morgan fingerprint density at radius 1 is 1.19 bits per heavy atom. The van der Waals surface area contributed by atoms with Gasteiger partial charge in [-0.2, -0.15) is 0 Å². The molecule has 5 nitrogen and oxygen atoms in total. The van der Waals surface area contributed by atoms with Crippen LogP contribution in [0.15, 0.2) is 24.3 Å². The summed E-state index contributed by atoms with van der Waals surface area (Å²) in [6, 6.07) is 8.26. The molecule has 2 saturated heterocycles. The number of hydrogen-bond acceptors (Lipinski definition) is 3. The van der Waals surface area contributed by atoms with Gasteiger partial charge in [-0.3, -0.25) is 9.59 Å². The molecule has 2 heterocycles. The summed E-state index contributed by atoms with van der Waals surface area (Å²) in [7, 11) is 1.98. The van der Waals surface area contributed by atoms with Gasteiger partial charge in [-0.1, -0.05) is 29.8 Å². The van der Waals surface area contributed by atoms with E-state index in [4.69, 9.17) is 0 Å². The van der Waals surface area contributed by atoms with Crippen LogP contribution in [0.4, 0.5) is 0 Å². The summed E-state index contributed by atoms with van der Waals surface area (Å²) in [5, 5.41) is 3.20. The van der Waals surface area contributed by atoms with Gasteiger partial charge in [-0.05, 0) is 51.3 Å². The number of rotatable bonds is 6. The van der Waals surface area contributed by atoms with Crippen LogP contribution in [0.5, 0.6) is 0 Å². The maximum Gasteiger partial charge on any atom is 0.227 e. The molecule has 0 saturated carbocycles. The van der Waals surface area contributed by atoms with Crippen LogP contribution in [-0.4, -0.2) is 54.8 Å². The number of piperidine rings is 1. The van der Waals surface area contributed by atoms with E-state index in [1.165, 1.54) is 12.0 Å². The van der Waals surface area contributed by atoms with E-state index in [0.717, 1.165) is 44.0 Å². The van der Waals surface area contributed by atoms with Crippen LogP contribution < -0.4 is 5.32 Å². The van der Waals surface area contributed by atoms with Crippen LogP contribution in [0, 0.1) is 18.8 Å². The lowest BCUT2D eigenvalue weighted by atomic mass is 9.92. The Balaban J connectivity index is 1.50. The third kappa shape index (κ3) is 4.64. The number of amides is 2. The number of nitrogens with one attached hydrogen (secondary N) is 1. The number of carbonyl (C=O) groups excluding carboxylic acids is 2. The van der Waals surface area contributed by atoms with Gasteiger partial charge >= 0.3 is 0 Å². The normalized spacial score (nSPS) is 21.5. The van der Waals surface area contributed by atoms with Crippen molar-refractivity contribution in [2.45, 2.75) is 39.2 Å². The smallest absolute Gasteiger partial charge is 0.227 e. The van der Waals surface area contributed by atoms with Crippen LogP contribution in [0.25, 0.3) is 0 Å². The Morgan fingerprint density at radius 3 is 2.54 bits per heavy atom. The molecule has 26 heavy (non-hydrogen) atoms. The van der Waals surface area contributed by atoms with E-state index >= 15 is 0 Å². The van der Waals surface area contributed by atoms with Gasteiger partial charge in [0.25, 0.3) is 0 Å². The number of hydrogen-bond donors (Lipinski definition) is 1. The third-order valence-corrected chi connectivity index (χ3v) is 5.79. The minimum Gasteiger partial charge on any atom is -0.342 e. The topological polar surface area (TPSA) is 52.7 Å². The van der Waals surface area contributed by atoms with Gasteiger partial charge in [0.1, 0.15) is 0 Å². The van der Waals surface area contributed by atoms with Crippen molar-refractivity contribution in [2.75, 3.05) is 33.2 Å². The number of benzene rings is 1. The molecule has 2 aliphatic rings. The molecule has 0 bridgehead atoms. The molecule has 0 spiro atoms. The molecule has 2 fully saturated rings. The minimum atomic E-state index is -0.165. The molecule has 0 aromatic heterocycles. The SMILES string of the molecule is CNCCC1CCN(C(=O)C2CC(=O)N(Cc3ccc(C)cc3)C2)CC1. The Hall–Kier alpha value is -1.88. The summed E-state index contributed by atoms with van der Waals surface area (Å²) in [5.41, 5.74) is 2.34. The van der Waals surface area contributed by atoms with E-state index in [1.807, 2.05) is 16.8 Å². The predicted octanol–water partition coefficient (Wildman–Crippen LogP) is 2.19. The van der Waals surface area contributed by atoms with Crippen molar-refractivity contribution in [3.63, 3.8) is 0 Å². The fraction of sp³-hybridized carbons (Fsp3) is 0.619. The fourth-order valence-corrected chi connectivity index (χ4v) is 4.05. The van der Waals surface area contributed by atoms with Crippen LogP contribution in [0.2, 0.25) is 0 Å². The van der Waals surface area contributed by atoms with E-state index in [-0.39, 0.29) is 17.7 Å². The minimum absolute atomic E-state index is 0.104. The van der Waals surface area contributed by atoms with Gasteiger partial charge in [-0.15, -0.1) is 0 Å². The Bertz CT molecular complexity index is 621. The highest BCUT2D eigenvalue weighted by molar-refractivity contribution is 5.89. The second-order valence-corrected chi connectivity index (χ2v) is 7.82. The maximum atomic E-state index is 12.8. The number of carbonyl (C=O) groups is 2. The average molecular weight is 357 g/mol. The largest absolute Gasteiger partial charge is 0.342 e. The zero-order valence-corrected chi connectivity index (χ0v) is 16.0. The number of likely N-dealkylation sites (tertiary alicyclic amines) is 2. The third-order valence-electron chi connectivity index (χ3n) is 5.79. The Kier molecular flexibility index (Phi) is 6.30. The van der Waals surface area contributed by atoms with E-state index in [0.29, 0.717) is 19.5 Å². The molecule has 0 aliphatic carbocycles. The Labute approximate surface area is 156 Å². The van der Waals surface area contributed by atoms with Crippen molar-refractivity contribution in [1.29, 1.82) is 0 Å². The Morgan fingerprint density at radius 2 is 1.88 bits per heavy atom. The van der Waals surface area contributed by atoms with Crippen molar-refractivity contribution in [3.8, 4) is 0 Å². The summed E-state index contributed by atoms with van der Waals surface area (Å²) in [6.45, 7) is 5.96. The van der Waals surface area contributed by atoms with Crippen molar-refractivity contribution in [1.82, 2.24) is 15.1 Å². The van der Waals surface area contributed by atoms with Crippen molar-refractivity contribution in [3.05, 3.63) is 35.4 Å². The standard InChI is InChI=1S/C21H31N3O2/c1-16-3-5-18(6-4-16)14-24-15-19(13-20(24)25)21(26)23-11-8-17(9-12-23)7-10-22-2/h3-6,17,19,22H,7-15H2,1-2H3. The number of aryl methyl sites for hydroxylation is 1. The highest BCUT2D eigenvalue weighted by Gasteiger charge is 2.37. The summed E-state index contributed by atoms with van der Waals surface area (Å²) in [5.74, 6) is 0.834. The predicted molar refractivity (Wildman–Crippen MR) is 103 cm³/mol. The first-order valence-corrected chi connectivity index (χ1v) is 9.83. The second-order valence-electron chi connectivity index (χ2n) is 7.82. The first-order chi connectivity index (χ1) is 12.6. The molecule has 1 unspecified atom stereocenters. The van der Waals surface area contributed by atoms with E-state index in [1.54, 1.807) is 0 Å².